The molecule has 4 heteroatoms. The molecule has 3 nitrogen and oxygen atoms in total. The van der Waals surface area contributed by atoms with Crippen molar-refractivity contribution in [2.45, 2.75) is 24.7 Å². The molecule has 1 fully saturated rings. The van der Waals surface area contributed by atoms with Gasteiger partial charge in [-0.2, -0.15) is 0 Å². The molecule has 2 rings (SSSR count). The van der Waals surface area contributed by atoms with Crippen molar-refractivity contribution in [2.75, 3.05) is 0 Å². The van der Waals surface area contributed by atoms with Crippen molar-refractivity contribution < 1.29 is 9.90 Å². The lowest BCUT2D eigenvalue weighted by molar-refractivity contribution is -0.147. The highest BCUT2D eigenvalue weighted by atomic mass is 32.1. The van der Waals surface area contributed by atoms with Crippen molar-refractivity contribution >= 4 is 17.5 Å². The Bertz CT molecular complexity index is 290. The molecule has 1 N–H and O–H groups in total. The first-order valence-corrected chi connectivity index (χ1v) is 4.68. The van der Waals surface area contributed by atoms with E-state index in [2.05, 4.69) is 4.37 Å². The molecule has 1 aromatic heterocycles. The third-order valence-electron chi connectivity index (χ3n) is 2.53. The van der Waals surface area contributed by atoms with Gasteiger partial charge in [-0.1, -0.05) is 6.42 Å². The van der Waals surface area contributed by atoms with Gasteiger partial charge in [-0.05, 0) is 30.4 Å². The molecule has 0 radical (unpaired) electrons. The maximum absolute atomic E-state index is 11.0. The highest BCUT2D eigenvalue weighted by Gasteiger charge is 2.47. The van der Waals surface area contributed by atoms with E-state index in [-0.39, 0.29) is 0 Å². The van der Waals surface area contributed by atoms with Crippen LogP contribution in [0.15, 0.2) is 12.3 Å². The van der Waals surface area contributed by atoms with E-state index in [0.29, 0.717) is 0 Å². The Morgan fingerprint density at radius 1 is 1.67 bits per heavy atom. The molecule has 0 unspecified atom stereocenters. The molecule has 1 aliphatic rings. The average molecular weight is 183 g/mol. The van der Waals surface area contributed by atoms with Crippen molar-refractivity contribution in [3.63, 3.8) is 0 Å². The topological polar surface area (TPSA) is 50.2 Å². The minimum atomic E-state index is -0.696. The Morgan fingerprint density at radius 2 is 2.42 bits per heavy atom. The third-order valence-corrected chi connectivity index (χ3v) is 3.48. The standard InChI is InChI=1S/C8H9NO2S/c10-7(11)8(3-1-4-8)6-2-5-9-12-6/h2,5H,1,3-4H2,(H,10,11). The second kappa shape index (κ2) is 2.55. The van der Waals surface area contributed by atoms with Gasteiger partial charge in [-0.25, -0.2) is 4.37 Å². The van der Waals surface area contributed by atoms with Gasteiger partial charge in [0.2, 0.25) is 0 Å². The highest BCUT2D eigenvalue weighted by molar-refractivity contribution is 7.06. The number of carboxylic acids is 1. The van der Waals surface area contributed by atoms with E-state index in [4.69, 9.17) is 5.11 Å². The summed E-state index contributed by atoms with van der Waals surface area (Å²) >= 11 is 1.30. The highest BCUT2D eigenvalue weighted by Crippen LogP contribution is 2.45. The maximum Gasteiger partial charge on any atom is 0.315 e. The Kier molecular flexibility index (Phi) is 1.65. The van der Waals surface area contributed by atoms with Crippen LogP contribution >= 0.6 is 11.5 Å². The summed E-state index contributed by atoms with van der Waals surface area (Å²) in [5, 5.41) is 9.03. The van der Waals surface area contributed by atoms with Crippen LogP contribution in [0.3, 0.4) is 0 Å². The lowest BCUT2D eigenvalue weighted by Gasteiger charge is -2.36. The fourth-order valence-corrected chi connectivity index (χ4v) is 2.38. The molecule has 0 bridgehead atoms. The Morgan fingerprint density at radius 3 is 2.75 bits per heavy atom. The van der Waals surface area contributed by atoms with Gasteiger partial charge in [-0.15, -0.1) is 0 Å². The molecule has 0 saturated heterocycles. The molecule has 0 aliphatic heterocycles. The summed E-state index contributed by atoms with van der Waals surface area (Å²) in [5.41, 5.74) is -0.582. The average Bonchev–Trinajstić information content (AvgIpc) is 2.35. The second-order valence-electron chi connectivity index (χ2n) is 3.12. The minimum absolute atomic E-state index is 0.582. The van der Waals surface area contributed by atoms with Crippen molar-refractivity contribution in [3.05, 3.63) is 17.1 Å². The predicted molar refractivity (Wildman–Crippen MR) is 45.3 cm³/mol. The first kappa shape index (κ1) is 7.73. The molecule has 12 heavy (non-hydrogen) atoms. The first-order chi connectivity index (χ1) is 5.76. The van der Waals surface area contributed by atoms with E-state index in [1.54, 1.807) is 6.20 Å². The lowest BCUT2D eigenvalue weighted by atomic mass is 9.68. The SMILES string of the molecule is O=C(O)C1(c2ccns2)CCC1. The van der Waals surface area contributed by atoms with Crippen LogP contribution in [-0.4, -0.2) is 15.4 Å². The quantitative estimate of drug-likeness (QED) is 0.758. The van der Waals surface area contributed by atoms with Crippen molar-refractivity contribution in [1.82, 2.24) is 4.37 Å². The summed E-state index contributed by atoms with van der Waals surface area (Å²) in [5.74, 6) is -0.696. The van der Waals surface area contributed by atoms with E-state index >= 15 is 0 Å². The van der Waals surface area contributed by atoms with Gasteiger partial charge < -0.3 is 5.11 Å². The Hall–Kier alpha value is -0.900. The normalized spacial score (nSPS) is 20.0. The number of hydrogen-bond donors (Lipinski definition) is 1. The summed E-state index contributed by atoms with van der Waals surface area (Å²) < 4.78 is 3.93. The van der Waals surface area contributed by atoms with Gasteiger partial charge >= 0.3 is 5.97 Å². The van der Waals surface area contributed by atoms with Crippen LogP contribution in [-0.2, 0) is 10.2 Å². The van der Waals surface area contributed by atoms with E-state index in [1.807, 2.05) is 6.07 Å². The van der Waals surface area contributed by atoms with E-state index < -0.39 is 11.4 Å². The summed E-state index contributed by atoms with van der Waals surface area (Å²) in [7, 11) is 0. The number of carboxylic acid groups (broad SMARTS) is 1. The molecule has 1 saturated carbocycles. The lowest BCUT2D eigenvalue weighted by Crippen LogP contribution is -2.41. The van der Waals surface area contributed by atoms with Crippen LogP contribution in [0, 0.1) is 0 Å². The molecule has 0 atom stereocenters. The van der Waals surface area contributed by atoms with Gasteiger partial charge in [-0.3, -0.25) is 4.79 Å². The van der Waals surface area contributed by atoms with Crippen molar-refractivity contribution in [1.29, 1.82) is 0 Å². The molecule has 64 valence electrons. The molecule has 0 spiro atoms. The van der Waals surface area contributed by atoms with Crippen LogP contribution in [0.2, 0.25) is 0 Å². The third kappa shape index (κ3) is 0.876. The van der Waals surface area contributed by atoms with Gasteiger partial charge in [0.15, 0.2) is 0 Å². The molecule has 1 aromatic rings. The van der Waals surface area contributed by atoms with Gasteiger partial charge in [0.25, 0.3) is 0 Å². The van der Waals surface area contributed by atoms with Crippen LogP contribution in [0.4, 0.5) is 0 Å². The number of nitrogens with zero attached hydrogens (tertiary/aromatic N) is 1. The zero-order valence-corrected chi connectivity index (χ0v) is 7.30. The molecular formula is C8H9NO2S. The van der Waals surface area contributed by atoms with Crippen LogP contribution in [0.25, 0.3) is 0 Å². The largest absolute Gasteiger partial charge is 0.481 e. The van der Waals surface area contributed by atoms with Crippen molar-refractivity contribution in [2.24, 2.45) is 0 Å². The van der Waals surface area contributed by atoms with Gasteiger partial charge in [0.05, 0.1) is 0 Å². The van der Waals surface area contributed by atoms with Crippen LogP contribution < -0.4 is 0 Å². The van der Waals surface area contributed by atoms with Gasteiger partial charge in [0.1, 0.15) is 5.41 Å². The number of hydrogen-bond acceptors (Lipinski definition) is 3. The van der Waals surface area contributed by atoms with Gasteiger partial charge in [0, 0.05) is 11.1 Å². The maximum atomic E-state index is 11.0. The number of rotatable bonds is 2. The molecule has 1 aliphatic carbocycles. The number of aromatic nitrogens is 1. The fraction of sp³-hybridized carbons (Fsp3) is 0.500. The van der Waals surface area contributed by atoms with E-state index in [1.165, 1.54) is 11.5 Å². The minimum Gasteiger partial charge on any atom is -0.481 e. The fourth-order valence-electron chi connectivity index (χ4n) is 1.56. The summed E-state index contributed by atoms with van der Waals surface area (Å²) in [4.78, 5) is 11.9. The molecule has 0 aromatic carbocycles. The summed E-state index contributed by atoms with van der Waals surface area (Å²) in [6.45, 7) is 0. The van der Waals surface area contributed by atoms with Crippen LogP contribution in [0.5, 0.6) is 0 Å². The monoisotopic (exact) mass is 183 g/mol. The Balaban J connectivity index is 2.35. The number of carbonyl (C=O) groups is 1. The zero-order valence-electron chi connectivity index (χ0n) is 6.49. The first-order valence-electron chi connectivity index (χ1n) is 3.90. The van der Waals surface area contributed by atoms with E-state index in [9.17, 15) is 4.79 Å². The molecule has 1 heterocycles. The summed E-state index contributed by atoms with van der Waals surface area (Å²) in [6.07, 6.45) is 4.22. The van der Waals surface area contributed by atoms with Crippen molar-refractivity contribution in [3.8, 4) is 0 Å². The smallest absolute Gasteiger partial charge is 0.315 e. The zero-order chi connectivity index (χ0) is 8.60. The molecular weight excluding hydrogens is 174 g/mol. The van der Waals surface area contributed by atoms with Crippen LogP contribution in [0.1, 0.15) is 24.1 Å². The Labute approximate surface area is 74.2 Å². The predicted octanol–water partition coefficient (Wildman–Crippen LogP) is 1.65. The van der Waals surface area contributed by atoms with E-state index in [0.717, 1.165) is 24.1 Å². The molecule has 0 amide bonds. The second-order valence-corrected chi connectivity index (χ2v) is 3.95. The number of aliphatic carboxylic acids is 1. The summed E-state index contributed by atoms with van der Waals surface area (Å²) in [6, 6.07) is 1.82.